The molecule has 0 aliphatic heterocycles. The van der Waals surface area contributed by atoms with Crippen LogP contribution in [0.15, 0.2) is 12.2 Å². The molecule has 0 saturated carbocycles. The Hall–Kier alpha value is -0.880. The van der Waals surface area contributed by atoms with Gasteiger partial charge in [-0.25, -0.2) is 4.79 Å². The summed E-state index contributed by atoms with van der Waals surface area (Å²) in [4.78, 5) is 11.1. The highest BCUT2D eigenvalue weighted by atomic mass is 32.2. The molecular weight excluding hydrogens is 280 g/mol. The predicted molar refractivity (Wildman–Crippen MR) is 79.1 cm³/mol. The summed E-state index contributed by atoms with van der Waals surface area (Å²) in [6, 6.07) is 0. The van der Waals surface area contributed by atoms with E-state index in [0.717, 1.165) is 44.9 Å². The standard InChI is InChI=1S/C14H26O5S/c1-13(2)14(15)19-11-9-7-5-3-4-6-8-10-12-20(16,17)18/h1,3-12H2,2H3,(H,16,17,18). The summed E-state index contributed by atoms with van der Waals surface area (Å²) >= 11 is 0. The van der Waals surface area contributed by atoms with Gasteiger partial charge in [0.2, 0.25) is 0 Å². The average Bonchev–Trinajstić information content (AvgIpc) is 2.34. The number of unbranched alkanes of at least 4 members (excludes halogenated alkanes) is 7. The van der Waals surface area contributed by atoms with Crippen LogP contribution < -0.4 is 0 Å². The van der Waals surface area contributed by atoms with Crippen LogP contribution in [0.5, 0.6) is 0 Å². The summed E-state index contributed by atoms with van der Waals surface area (Å²) in [7, 11) is -3.79. The molecule has 0 radical (unpaired) electrons. The summed E-state index contributed by atoms with van der Waals surface area (Å²) in [6.45, 7) is 5.58. The fraction of sp³-hybridized carbons (Fsp3) is 0.786. The van der Waals surface area contributed by atoms with Crippen LogP contribution in [0.2, 0.25) is 0 Å². The van der Waals surface area contributed by atoms with Crippen LogP contribution in [-0.4, -0.2) is 31.3 Å². The molecule has 0 bridgehead atoms. The summed E-state index contributed by atoms with van der Waals surface area (Å²) in [5.74, 6) is -0.468. The Morgan fingerprint density at radius 3 is 1.90 bits per heavy atom. The fourth-order valence-electron chi connectivity index (χ4n) is 1.74. The van der Waals surface area contributed by atoms with Crippen molar-refractivity contribution >= 4 is 16.1 Å². The van der Waals surface area contributed by atoms with E-state index in [-0.39, 0.29) is 11.7 Å². The molecule has 20 heavy (non-hydrogen) atoms. The fourth-order valence-corrected chi connectivity index (χ4v) is 2.30. The lowest BCUT2D eigenvalue weighted by atomic mass is 10.1. The van der Waals surface area contributed by atoms with E-state index in [4.69, 9.17) is 9.29 Å². The molecule has 0 unspecified atom stereocenters. The molecule has 0 fully saturated rings. The average molecular weight is 306 g/mol. The first kappa shape index (κ1) is 19.1. The van der Waals surface area contributed by atoms with Gasteiger partial charge in [-0.3, -0.25) is 4.55 Å². The van der Waals surface area contributed by atoms with Crippen LogP contribution in [0.4, 0.5) is 0 Å². The molecule has 5 nitrogen and oxygen atoms in total. The molecule has 0 aromatic rings. The lowest BCUT2D eigenvalue weighted by Gasteiger charge is -2.04. The van der Waals surface area contributed by atoms with Gasteiger partial charge in [0.05, 0.1) is 12.4 Å². The van der Waals surface area contributed by atoms with Gasteiger partial charge in [0.25, 0.3) is 10.1 Å². The molecular formula is C14H26O5S. The summed E-state index contributed by atoms with van der Waals surface area (Å²) in [6.07, 6.45) is 7.47. The molecule has 118 valence electrons. The third kappa shape index (κ3) is 13.5. The Balaban J connectivity index is 3.21. The van der Waals surface area contributed by atoms with Gasteiger partial charge in [0, 0.05) is 5.57 Å². The predicted octanol–water partition coefficient (Wildman–Crippen LogP) is 3.11. The summed E-state index contributed by atoms with van der Waals surface area (Å²) in [5, 5.41) is 0. The van der Waals surface area contributed by atoms with Gasteiger partial charge in [0.1, 0.15) is 0 Å². The maximum atomic E-state index is 11.1. The summed E-state index contributed by atoms with van der Waals surface area (Å²) in [5.41, 5.74) is 0.426. The second-order valence-electron chi connectivity index (χ2n) is 5.03. The Labute approximate surface area is 122 Å². The highest BCUT2D eigenvalue weighted by Gasteiger charge is 2.03. The Kier molecular flexibility index (Phi) is 10.4. The zero-order chi connectivity index (χ0) is 15.4. The zero-order valence-electron chi connectivity index (χ0n) is 12.3. The van der Waals surface area contributed by atoms with E-state index in [1.54, 1.807) is 6.92 Å². The number of hydrogen-bond donors (Lipinski definition) is 1. The highest BCUT2D eigenvalue weighted by Crippen LogP contribution is 2.09. The molecule has 0 rings (SSSR count). The smallest absolute Gasteiger partial charge is 0.333 e. The van der Waals surface area contributed by atoms with Gasteiger partial charge in [-0.05, 0) is 19.8 Å². The Morgan fingerprint density at radius 1 is 1.00 bits per heavy atom. The quantitative estimate of drug-likeness (QED) is 0.259. The van der Waals surface area contributed by atoms with Crippen LogP contribution in [0.1, 0.15) is 58.3 Å². The largest absolute Gasteiger partial charge is 0.462 e. The van der Waals surface area contributed by atoms with Gasteiger partial charge in [0.15, 0.2) is 0 Å². The van der Waals surface area contributed by atoms with Crippen LogP contribution in [-0.2, 0) is 19.6 Å². The zero-order valence-corrected chi connectivity index (χ0v) is 13.1. The third-order valence-electron chi connectivity index (χ3n) is 2.88. The molecule has 6 heteroatoms. The molecule has 1 N–H and O–H groups in total. The van der Waals surface area contributed by atoms with Crippen molar-refractivity contribution in [1.82, 2.24) is 0 Å². The minimum Gasteiger partial charge on any atom is -0.462 e. The topological polar surface area (TPSA) is 80.7 Å². The van der Waals surface area contributed by atoms with Gasteiger partial charge >= 0.3 is 5.97 Å². The van der Waals surface area contributed by atoms with Crippen molar-refractivity contribution in [1.29, 1.82) is 0 Å². The van der Waals surface area contributed by atoms with Crippen LogP contribution in [0.25, 0.3) is 0 Å². The Bertz CT molecular complexity index is 386. The van der Waals surface area contributed by atoms with Crippen molar-refractivity contribution in [2.45, 2.75) is 58.3 Å². The molecule has 0 aromatic heterocycles. The van der Waals surface area contributed by atoms with E-state index in [9.17, 15) is 13.2 Å². The number of esters is 1. The first-order valence-electron chi connectivity index (χ1n) is 7.11. The molecule has 0 amide bonds. The molecule has 0 aromatic carbocycles. The van der Waals surface area contributed by atoms with Crippen molar-refractivity contribution in [2.24, 2.45) is 0 Å². The monoisotopic (exact) mass is 306 g/mol. The lowest BCUT2D eigenvalue weighted by molar-refractivity contribution is -0.139. The van der Waals surface area contributed by atoms with E-state index >= 15 is 0 Å². The normalized spacial score (nSPS) is 11.3. The SMILES string of the molecule is C=C(C)C(=O)OCCCCCCCCCCS(=O)(=O)O. The summed E-state index contributed by atoms with van der Waals surface area (Å²) < 4.78 is 34.5. The number of rotatable bonds is 12. The molecule has 0 spiro atoms. The second kappa shape index (κ2) is 10.9. The number of carbonyl (C=O) groups excluding carboxylic acids is 1. The molecule has 0 aliphatic carbocycles. The number of carbonyl (C=O) groups is 1. The maximum absolute atomic E-state index is 11.1. The van der Waals surface area contributed by atoms with Gasteiger partial charge in [-0.1, -0.05) is 45.1 Å². The first-order valence-corrected chi connectivity index (χ1v) is 8.71. The number of hydrogen-bond acceptors (Lipinski definition) is 4. The van der Waals surface area contributed by atoms with E-state index in [2.05, 4.69) is 6.58 Å². The van der Waals surface area contributed by atoms with E-state index in [1.165, 1.54) is 0 Å². The molecule has 0 atom stereocenters. The van der Waals surface area contributed by atoms with E-state index in [1.807, 2.05) is 0 Å². The van der Waals surface area contributed by atoms with Crippen molar-refractivity contribution in [2.75, 3.05) is 12.4 Å². The van der Waals surface area contributed by atoms with Gasteiger partial charge in [-0.2, -0.15) is 8.42 Å². The van der Waals surface area contributed by atoms with Gasteiger partial charge < -0.3 is 4.74 Å². The minimum atomic E-state index is -3.79. The molecule has 0 heterocycles. The molecule has 0 saturated heterocycles. The van der Waals surface area contributed by atoms with Crippen molar-refractivity contribution in [3.8, 4) is 0 Å². The van der Waals surface area contributed by atoms with Crippen LogP contribution in [0.3, 0.4) is 0 Å². The van der Waals surface area contributed by atoms with Gasteiger partial charge in [-0.15, -0.1) is 0 Å². The maximum Gasteiger partial charge on any atom is 0.333 e. The van der Waals surface area contributed by atoms with Crippen molar-refractivity contribution < 1.29 is 22.5 Å². The number of ether oxygens (including phenoxy) is 1. The second-order valence-corrected chi connectivity index (χ2v) is 6.60. The lowest BCUT2D eigenvalue weighted by Crippen LogP contribution is -2.06. The van der Waals surface area contributed by atoms with Crippen LogP contribution >= 0.6 is 0 Å². The highest BCUT2D eigenvalue weighted by molar-refractivity contribution is 7.85. The first-order chi connectivity index (χ1) is 9.33. The van der Waals surface area contributed by atoms with E-state index < -0.39 is 10.1 Å². The minimum absolute atomic E-state index is 0.138. The van der Waals surface area contributed by atoms with Crippen molar-refractivity contribution in [3.63, 3.8) is 0 Å². The van der Waals surface area contributed by atoms with E-state index in [0.29, 0.717) is 18.6 Å². The Morgan fingerprint density at radius 2 is 1.45 bits per heavy atom. The third-order valence-corrected chi connectivity index (χ3v) is 3.68. The van der Waals surface area contributed by atoms with Crippen molar-refractivity contribution in [3.05, 3.63) is 12.2 Å². The molecule has 0 aliphatic rings. The van der Waals surface area contributed by atoms with Crippen LogP contribution in [0, 0.1) is 0 Å².